The summed E-state index contributed by atoms with van der Waals surface area (Å²) < 4.78 is 42.7. The lowest BCUT2D eigenvalue weighted by atomic mass is 10.1. The molecular weight excluding hydrogens is 397 g/mol. The lowest BCUT2D eigenvalue weighted by Crippen LogP contribution is -2.29. The standard InChI is InChI=1S/C21H21F3N4O2/c1-15(17-7-9-19(10-8-17)28-14-25-13-26-28)27(2)20(29)18-5-3-16(4-6-18)11-30-12-21(22,23)24/h3-10,13-15H,11-12H2,1-2H3. The third-order valence-electron chi connectivity index (χ3n) is 4.70. The van der Waals surface area contributed by atoms with Crippen LogP contribution in [0.1, 0.15) is 34.5 Å². The van der Waals surface area contributed by atoms with E-state index in [0.29, 0.717) is 11.1 Å². The largest absolute Gasteiger partial charge is 0.411 e. The van der Waals surface area contributed by atoms with Gasteiger partial charge in [0.1, 0.15) is 19.3 Å². The SMILES string of the molecule is CC(c1ccc(-n2cncn2)cc1)N(C)C(=O)c1ccc(COCC(F)(F)F)cc1. The van der Waals surface area contributed by atoms with Crippen LogP contribution in [0.2, 0.25) is 0 Å². The smallest absolute Gasteiger partial charge is 0.367 e. The lowest BCUT2D eigenvalue weighted by molar-refractivity contribution is -0.176. The second-order valence-corrected chi connectivity index (χ2v) is 6.83. The summed E-state index contributed by atoms with van der Waals surface area (Å²) in [5.74, 6) is -0.189. The van der Waals surface area contributed by atoms with Crippen LogP contribution in [0, 0.1) is 0 Å². The van der Waals surface area contributed by atoms with Crippen molar-refractivity contribution in [2.45, 2.75) is 25.7 Å². The molecule has 0 radical (unpaired) electrons. The van der Waals surface area contributed by atoms with Crippen LogP contribution in [-0.4, -0.2) is 45.4 Å². The van der Waals surface area contributed by atoms with E-state index in [1.165, 1.54) is 6.33 Å². The van der Waals surface area contributed by atoms with Crippen LogP contribution < -0.4 is 0 Å². The molecule has 0 bridgehead atoms. The van der Waals surface area contributed by atoms with Crippen LogP contribution >= 0.6 is 0 Å². The number of nitrogens with zero attached hydrogens (tertiary/aromatic N) is 4. The Kier molecular flexibility index (Phi) is 6.51. The first kappa shape index (κ1) is 21.5. The maximum absolute atomic E-state index is 12.8. The summed E-state index contributed by atoms with van der Waals surface area (Å²) in [5.41, 5.74) is 2.83. The Morgan fingerprint density at radius 2 is 1.80 bits per heavy atom. The number of hydrogen-bond donors (Lipinski definition) is 0. The van der Waals surface area contributed by atoms with Crippen LogP contribution in [0.3, 0.4) is 0 Å². The summed E-state index contributed by atoms with van der Waals surface area (Å²) in [6.45, 7) is 0.448. The number of aromatic nitrogens is 3. The van der Waals surface area contributed by atoms with Gasteiger partial charge < -0.3 is 9.64 Å². The average Bonchev–Trinajstić information content (AvgIpc) is 3.27. The van der Waals surface area contributed by atoms with E-state index in [1.54, 1.807) is 47.2 Å². The molecule has 2 aromatic carbocycles. The van der Waals surface area contributed by atoms with Crippen LogP contribution in [0.5, 0.6) is 0 Å². The topological polar surface area (TPSA) is 60.2 Å². The molecule has 0 saturated carbocycles. The third-order valence-corrected chi connectivity index (χ3v) is 4.70. The molecule has 0 fully saturated rings. The maximum Gasteiger partial charge on any atom is 0.411 e. The summed E-state index contributed by atoms with van der Waals surface area (Å²) in [5, 5.41) is 4.08. The normalized spacial score (nSPS) is 12.6. The monoisotopic (exact) mass is 418 g/mol. The number of benzene rings is 2. The molecule has 6 nitrogen and oxygen atoms in total. The third kappa shape index (κ3) is 5.44. The Bertz CT molecular complexity index is 955. The molecule has 0 aliphatic carbocycles. The number of alkyl halides is 3. The molecular formula is C21H21F3N4O2. The Morgan fingerprint density at radius 1 is 1.13 bits per heavy atom. The van der Waals surface area contributed by atoms with Crippen molar-refractivity contribution in [1.29, 1.82) is 0 Å². The van der Waals surface area contributed by atoms with Gasteiger partial charge in [0.25, 0.3) is 5.91 Å². The van der Waals surface area contributed by atoms with Gasteiger partial charge in [0.2, 0.25) is 0 Å². The van der Waals surface area contributed by atoms with Gasteiger partial charge in [0.05, 0.1) is 18.3 Å². The highest BCUT2D eigenvalue weighted by Gasteiger charge is 2.27. The molecule has 1 unspecified atom stereocenters. The van der Waals surface area contributed by atoms with Gasteiger partial charge in [0, 0.05) is 12.6 Å². The van der Waals surface area contributed by atoms with Crippen molar-refractivity contribution in [1.82, 2.24) is 19.7 Å². The van der Waals surface area contributed by atoms with Crippen molar-refractivity contribution in [2.24, 2.45) is 0 Å². The van der Waals surface area contributed by atoms with Gasteiger partial charge in [-0.25, -0.2) is 9.67 Å². The first-order valence-electron chi connectivity index (χ1n) is 9.20. The molecule has 1 heterocycles. The summed E-state index contributed by atoms with van der Waals surface area (Å²) in [4.78, 5) is 18.3. The first-order chi connectivity index (χ1) is 14.2. The second kappa shape index (κ2) is 9.08. The number of amides is 1. The van der Waals surface area contributed by atoms with Gasteiger partial charge in [-0.2, -0.15) is 18.3 Å². The Morgan fingerprint density at radius 3 is 2.37 bits per heavy atom. The van der Waals surface area contributed by atoms with Gasteiger partial charge in [-0.3, -0.25) is 4.79 Å². The summed E-state index contributed by atoms with van der Waals surface area (Å²) in [6, 6.07) is 13.8. The van der Waals surface area contributed by atoms with E-state index in [-0.39, 0.29) is 18.6 Å². The van der Waals surface area contributed by atoms with Crippen molar-refractivity contribution in [3.63, 3.8) is 0 Å². The quantitative estimate of drug-likeness (QED) is 0.578. The highest BCUT2D eigenvalue weighted by atomic mass is 19.4. The second-order valence-electron chi connectivity index (χ2n) is 6.83. The fourth-order valence-corrected chi connectivity index (χ4v) is 2.88. The molecule has 1 atom stereocenters. The molecule has 1 amide bonds. The van der Waals surface area contributed by atoms with Crippen molar-refractivity contribution in [3.05, 3.63) is 77.9 Å². The van der Waals surface area contributed by atoms with Gasteiger partial charge in [0.15, 0.2) is 0 Å². The molecule has 0 spiro atoms. The van der Waals surface area contributed by atoms with Crippen molar-refractivity contribution in [2.75, 3.05) is 13.7 Å². The zero-order valence-corrected chi connectivity index (χ0v) is 16.5. The van der Waals surface area contributed by atoms with Gasteiger partial charge in [-0.1, -0.05) is 24.3 Å². The maximum atomic E-state index is 12.8. The Balaban J connectivity index is 1.61. The van der Waals surface area contributed by atoms with Gasteiger partial charge in [-0.05, 0) is 42.3 Å². The molecule has 3 aromatic rings. The molecule has 158 valence electrons. The summed E-state index contributed by atoms with van der Waals surface area (Å²) >= 11 is 0. The van der Waals surface area contributed by atoms with E-state index in [2.05, 4.69) is 14.8 Å². The van der Waals surface area contributed by atoms with Crippen LogP contribution in [0.25, 0.3) is 5.69 Å². The molecule has 0 aliphatic heterocycles. The zero-order chi connectivity index (χ0) is 21.7. The summed E-state index contributed by atoms with van der Waals surface area (Å²) in [7, 11) is 1.71. The van der Waals surface area contributed by atoms with E-state index in [4.69, 9.17) is 0 Å². The summed E-state index contributed by atoms with van der Waals surface area (Å²) in [6.07, 6.45) is -1.30. The van der Waals surface area contributed by atoms with Crippen LogP contribution in [0.15, 0.2) is 61.2 Å². The van der Waals surface area contributed by atoms with E-state index >= 15 is 0 Å². The lowest BCUT2D eigenvalue weighted by Gasteiger charge is -2.25. The van der Waals surface area contributed by atoms with Crippen molar-refractivity contribution in [3.8, 4) is 5.69 Å². The van der Waals surface area contributed by atoms with Gasteiger partial charge >= 0.3 is 6.18 Å². The van der Waals surface area contributed by atoms with Crippen molar-refractivity contribution >= 4 is 5.91 Å². The fraction of sp³-hybridized carbons (Fsp3) is 0.286. The number of carbonyl (C=O) groups is 1. The number of rotatable bonds is 7. The minimum absolute atomic E-state index is 0.168. The number of carbonyl (C=O) groups excluding carboxylic acids is 1. The number of halogens is 3. The first-order valence-corrected chi connectivity index (χ1v) is 9.20. The molecule has 30 heavy (non-hydrogen) atoms. The van der Waals surface area contributed by atoms with Crippen molar-refractivity contribution < 1.29 is 22.7 Å². The Hall–Kier alpha value is -3.20. The minimum atomic E-state index is -4.36. The van der Waals surface area contributed by atoms with Crippen LogP contribution in [-0.2, 0) is 11.3 Å². The zero-order valence-electron chi connectivity index (χ0n) is 16.5. The molecule has 9 heteroatoms. The van der Waals surface area contributed by atoms with E-state index in [9.17, 15) is 18.0 Å². The molecule has 0 aliphatic rings. The fourth-order valence-electron chi connectivity index (χ4n) is 2.88. The molecule has 0 saturated heterocycles. The number of hydrogen-bond acceptors (Lipinski definition) is 4. The van der Waals surface area contributed by atoms with E-state index in [0.717, 1.165) is 11.3 Å². The Labute approximate surface area is 171 Å². The predicted octanol–water partition coefficient (Wildman–Crippen LogP) is 4.18. The average molecular weight is 418 g/mol. The van der Waals surface area contributed by atoms with E-state index < -0.39 is 12.8 Å². The molecule has 0 N–H and O–H groups in total. The minimum Gasteiger partial charge on any atom is -0.367 e. The molecule has 1 aromatic heterocycles. The highest BCUT2D eigenvalue weighted by Crippen LogP contribution is 2.22. The van der Waals surface area contributed by atoms with Gasteiger partial charge in [-0.15, -0.1) is 0 Å². The van der Waals surface area contributed by atoms with E-state index in [1.807, 2.05) is 31.2 Å². The number of ether oxygens (including phenoxy) is 1. The molecule has 3 rings (SSSR count). The van der Waals surface area contributed by atoms with Crippen LogP contribution in [0.4, 0.5) is 13.2 Å². The predicted molar refractivity (Wildman–Crippen MR) is 104 cm³/mol. The highest BCUT2D eigenvalue weighted by molar-refractivity contribution is 5.94.